The van der Waals surface area contributed by atoms with Crippen LogP contribution < -0.4 is 10.1 Å². The lowest BCUT2D eigenvalue weighted by Gasteiger charge is -2.37. The van der Waals surface area contributed by atoms with Gasteiger partial charge in [0.05, 0.1) is 12.0 Å². The molecule has 1 aliphatic rings. The lowest BCUT2D eigenvalue weighted by atomic mass is 10.1. The van der Waals surface area contributed by atoms with E-state index in [1.807, 2.05) is 6.07 Å². The normalized spacial score (nSPS) is 15.3. The van der Waals surface area contributed by atoms with Crippen molar-refractivity contribution in [3.8, 4) is 5.75 Å². The summed E-state index contributed by atoms with van der Waals surface area (Å²) in [4.78, 5) is 12.9. The van der Waals surface area contributed by atoms with Crippen molar-refractivity contribution in [1.29, 1.82) is 0 Å². The number of likely N-dealkylation sites (N-methyl/N-ethyl adjacent to an activating group) is 1. The molecule has 104 valence electrons. The van der Waals surface area contributed by atoms with Crippen LogP contribution in [-0.4, -0.2) is 42.6 Å². The van der Waals surface area contributed by atoms with Crippen LogP contribution in [0.25, 0.3) is 0 Å². The Balaban J connectivity index is 2.15. The number of methoxy groups -OCH3 is 1. The highest BCUT2D eigenvalue weighted by molar-refractivity contribution is 5.48. The number of benzene rings is 1. The topological polar surface area (TPSA) is 67.6 Å². The molecule has 0 aromatic heterocycles. The van der Waals surface area contributed by atoms with E-state index in [9.17, 15) is 10.1 Å². The van der Waals surface area contributed by atoms with Crippen molar-refractivity contribution >= 4 is 5.69 Å². The van der Waals surface area contributed by atoms with Gasteiger partial charge in [-0.15, -0.1) is 0 Å². The standard InChI is InChI=1S/C13H19N3O3/c1-3-15(11-7-14-8-11)9-10-4-5-13(19-2)12(6-10)16(17)18/h4-6,11,14H,3,7-9H2,1-2H3. The summed E-state index contributed by atoms with van der Waals surface area (Å²) in [5.74, 6) is 0.308. The van der Waals surface area contributed by atoms with E-state index in [1.54, 1.807) is 12.1 Å². The number of ether oxygens (including phenoxy) is 1. The maximum Gasteiger partial charge on any atom is 0.311 e. The molecule has 1 aromatic rings. The average Bonchev–Trinajstić information content (AvgIpc) is 2.35. The van der Waals surface area contributed by atoms with Gasteiger partial charge in [-0.2, -0.15) is 0 Å². The largest absolute Gasteiger partial charge is 0.490 e. The predicted octanol–water partition coefficient (Wildman–Crippen LogP) is 1.40. The van der Waals surface area contributed by atoms with Crippen LogP contribution in [0, 0.1) is 10.1 Å². The molecule has 0 aliphatic carbocycles. The van der Waals surface area contributed by atoms with Crippen molar-refractivity contribution in [1.82, 2.24) is 10.2 Å². The molecule has 19 heavy (non-hydrogen) atoms. The van der Waals surface area contributed by atoms with Gasteiger partial charge in [0.2, 0.25) is 0 Å². The number of nitro benzene ring substituents is 1. The number of nitrogens with zero attached hydrogens (tertiary/aromatic N) is 2. The summed E-state index contributed by atoms with van der Waals surface area (Å²) in [5.41, 5.74) is 0.976. The van der Waals surface area contributed by atoms with Gasteiger partial charge in [-0.3, -0.25) is 15.0 Å². The summed E-state index contributed by atoms with van der Waals surface area (Å²) in [5, 5.41) is 14.2. The van der Waals surface area contributed by atoms with Gasteiger partial charge in [0, 0.05) is 31.7 Å². The first-order valence-corrected chi connectivity index (χ1v) is 6.41. The Labute approximate surface area is 112 Å². The monoisotopic (exact) mass is 265 g/mol. The summed E-state index contributed by atoms with van der Waals surface area (Å²) in [6, 6.07) is 5.69. The van der Waals surface area contributed by atoms with E-state index >= 15 is 0 Å². The molecular formula is C13H19N3O3. The van der Waals surface area contributed by atoms with E-state index in [0.717, 1.165) is 31.7 Å². The van der Waals surface area contributed by atoms with Crippen molar-refractivity contribution in [2.75, 3.05) is 26.7 Å². The summed E-state index contributed by atoms with van der Waals surface area (Å²) < 4.78 is 5.01. The quantitative estimate of drug-likeness (QED) is 0.622. The van der Waals surface area contributed by atoms with Gasteiger partial charge in [0.15, 0.2) is 5.75 Å². The van der Waals surface area contributed by atoms with E-state index in [1.165, 1.54) is 7.11 Å². The molecular weight excluding hydrogens is 246 g/mol. The number of rotatable bonds is 6. The average molecular weight is 265 g/mol. The minimum absolute atomic E-state index is 0.0304. The van der Waals surface area contributed by atoms with Crippen LogP contribution in [0.15, 0.2) is 18.2 Å². The minimum Gasteiger partial charge on any atom is -0.490 e. The zero-order valence-corrected chi connectivity index (χ0v) is 11.3. The molecule has 1 saturated heterocycles. The maximum atomic E-state index is 11.0. The third-order valence-electron chi connectivity index (χ3n) is 3.51. The van der Waals surface area contributed by atoms with E-state index in [2.05, 4.69) is 17.1 Å². The van der Waals surface area contributed by atoms with Gasteiger partial charge in [0.25, 0.3) is 0 Å². The molecule has 2 rings (SSSR count). The van der Waals surface area contributed by atoms with E-state index in [-0.39, 0.29) is 5.69 Å². The highest BCUT2D eigenvalue weighted by Gasteiger charge is 2.24. The van der Waals surface area contributed by atoms with Gasteiger partial charge >= 0.3 is 5.69 Å². The molecule has 1 fully saturated rings. The Morgan fingerprint density at radius 3 is 2.74 bits per heavy atom. The van der Waals surface area contributed by atoms with Crippen molar-refractivity contribution in [3.63, 3.8) is 0 Å². The SMILES string of the molecule is CCN(Cc1ccc(OC)c([N+](=O)[O-])c1)C1CNC1. The Hall–Kier alpha value is -1.66. The fourth-order valence-electron chi connectivity index (χ4n) is 2.24. The Kier molecular flexibility index (Phi) is 4.34. The Morgan fingerprint density at radius 1 is 1.53 bits per heavy atom. The zero-order chi connectivity index (χ0) is 13.8. The molecule has 1 heterocycles. The third-order valence-corrected chi connectivity index (χ3v) is 3.51. The van der Waals surface area contributed by atoms with Crippen molar-refractivity contribution < 1.29 is 9.66 Å². The van der Waals surface area contributed by atoms with Crippen LogP contribution in [0.5, 0.6) is 5.75 Å². The maximum absolute atomic E-state index is 11.0. The molecule has 6 nitrogen and oxygen atoms in total. The lowest BCUT2D eigenvalue weighted by molar-refractivity contribution is -0.385. The smallest absolute Gasteiger partial charge is 0.311 e. The molecule has 0 saturated carbocycles. The van der Waals surface area contributed by atoms with Crippen LogP contribution >= 0.6 is 0 Å². The van der Waals surface area contributed by atoms with E-state index in [0.29, 0.717) is 11.8 Å². The fourth-order valence-corrected chi connectivity index (χ4v) is 2.24. The van der Waals surface area contributed by atoms with E-state index in [4.69, 9.17) is 4.74 Å². The van der Waals surface area contributed by atoms with Crippen LogP contribution in [0.1, 0.15) is 12.5 Å². The first-order chi connectivity index (χ1) is 9.15. The minimum atomic E-state index is -0.399. The highest BCUT2D eigenvalue weighted by Crippen LogP contribution is 2.28. The summed E-state index contributed by atoms with van der Waals surface area (Å²) in [6.45, 7) is 5.76. The summed E-state index contributed by atoms with van der Waals surface area (Å²) in [7, 11) is 1.44. The molecule has 0 unspecified atom stereocenters. The first kappa shape index (κ1) is 13.8. The molecule has 0 radical (unpaired) electrons. The van der Waals surface area contributed by atoms with Gasteiger partial charge in [-0.1, -0.05) is 13.0 Å². The van der Waals surface area contributed by atoms with Gasteiger partial charge in [-0.25, -0.2) is 0 Å². The molecule has 0 spiro atoms. The fraction of sp³-hybridized carbons (Fsp3) is 0.538. The molecule has 0 amide bonds. The predicted molar refractivity (Wildman–Crippen MR) is 72.4 cm³/mol. The number of nitro groups is 1. The summed E-state index contributed by atoms with van der Waals surface area (Å²) >= 11 is 0. The number of hydrogen-bond donors (Lipinski definition) is 1. The van der Waals surface area contributed by atoms with Crippen LogP contribution in [0.4, 0.5) is 5.69 Å². The Bertz CT molecular complexity index is 460. The highest BCUT2D eigenvalue weighted by atomic mass is 16.6. The Morgan fingerprint density at radius 2 is 2.26 bits per heavy atom. The second-order valence-electron chi connectivity index (χ2n) is 4.64. The lowest BCUT2D eigenvalue weighted by Crippen LogP contribution is -2.56. The van der Waals surface area contributed by atoms with Gasteiger partial charge in [-0.05, 0) is 18.2 Å². The van der Waals surface area contributed by atoms with E-state index < -0.39 is 4.92 Å². The van der Waals surface area contributed by atoms with Crippen LogP contribution in [0.3, 0.4) is 0 Å². The second-order valence-corrected chi connectivity index (χ2v) is 4.64. The van der Waals surface area contributed by atoms with Gasteiger partial charge in [0.1, 0.15) is 0 Å². The van der Waals surface area contributed by atoms with Crippen molar-refractivity contribution in [3.05, 3.63) is 33.9 Å². The van der Waals surface area contributed by atoms with Crippen LogP contribution in [-0.2, 0) is 6.54 Å². The third kappa shape index (κ3) is 3.02. The van der Waals surface area contributed by atoms with Gasteiger partial charge < -0.3 is 10.1 Å². The molecule has 0 atom stereocenters. The van der Waals surface area contributed by atoms with Crippen LogP contribution in [0.2, 0.25) is 0 Å². The van der Waals surface area contributed by atoms with Crippen molar-refractivity contribution in [2.24, 2.45) is 0 Å². The molecule has 1 aliphatic heterocycles. The molecule has 1 aromatic carbocycles. The number of nitrogens with one attached hydrogen (secondary N) is 1. The molecule has 0 bridgehead atoms. The zero-order valence-electron chi connectivity index (χ0n) is 11.3. The second kappa shape index (κ2) is 5.99. The molecule has 1 N–H and O–H groups in total. The molecule has 6 heteroatoms. The number of hydrogen-bond acceptors (Lipinski definition) is 5. The first-order valence-electron chi connectivity index (χ1n) is 6.41. The van der Waals surface area contributed by atoms with Crippen molar-refractivity contribution in [2.45, 2.75) is 19.5 Å². The summed E-state index contributed by atoms with van der Waals surface area (Å²) in [6.07, 6.45) is 0.